The highest BCUT2D eigenvalue weighted by Crippen LogP contribution is 2.25. The predicted molar refractivity (Wildman–Crippen MR) is 111 cm³/mol. The molecular weight excluding hydrogens is 350 g/mol. The van der Waals surface area contributed by atoms with Crippen molar-refractivity contribution in [1.29, 1.82) is 0 Å². The molecule has 2 amide bonds. The largest absolute Gasteiger partial charge is 0.345 e. The molecule has 1 heterocycles. The predicted octanol–water partition coefficient (Wildman–Crippen LogP) is 2.99. The zero-order chi connectivity index (χ0) is 19.8. The quantitative estimate of drug-likeness (QED) is 0.767. The third-order valence-corrected chi connectivity index (χ3v) is 5.23. The average Bonchev–Trinajstić information content (AvgIpc) is 3.26. The Morgan fingerprint density at radius 1 is 1.00 bits per heavy atom. The summed E-state index contributed by atoms with van der Waals surface area (Å²) in [7, 11) is 0. The summed E-state index contributed by atoms with van der Waals surface area (Å²) in [6.45, 7) is 4.97. The first-order valence-corrected chi connectivity index (χ1v) is 10.1. The number of rotatable bonds is 8. The topological polar surface area (TPSA) is 52.7 Å². The molecule has 1 atom stereocenters. The summed E-state index contributed by atoms with van der Waals surface area (Å²) in [5.74, 6) is -0.162. The molecule has 0 aliphatic carbocycles. The lowest BCUT2D eigenvalue weighted by atomic mass is 10.0. The van der Waals surface area contributed by atoms with E-state index >= 15 is 0 Å². The van der Waals surface area contributed by atoms with Gasteiger partial charge in [0.25, 0.3) is 0 Å². The van der Waals surface area contributed by atoms with Gasteiger partial charge < -0.3 is 10.2 Å². The first-order chi connectivity index (χ1) is 13.7. The van der Waals surface area contributed by atoms with Gasteiger partial charge in [-0.05, 0) is 44.0 Å². The molecule has 1 N–H and O–H groups in total. The fraction of sp³-hybridized carbons (Fsp3) is 0.391. The van der Waals surface area contributed by atoms with E-state index in [2.05, 4.69) is 10.2 Å². The first kappa shape index (κ1) is 20.1. The van der Waals surface area contributed by atoms with Crippen LogP contribution in [0, 0.1) is 0 Å². The van der Waals surface area contributed by atoms with Gasteiger partial charge in [-0.15, -0.1) is 0 Å². The Morgan fingerprint density at radius 2 is 1.61 bits per heavy atom. The van der Waals surface area contributed by atoms with Crippen LogP contribution in [0.5, 0.6) is 0 Å². The minimum Gasteiger partial charge on any atom is -0.345 e. The van der Waals surface area contributed by atoms with Crippen molar-refractivity contribution in [2.24, 2.45) is 0 Å². The van der Waals surface area contributed by atoms with Crippen molar-refractivity contribution in [1.82, 2.24) is 15.1 Å². The molecule has 28 heavy (non-hydrogen) atoms. The summed E-state index contributed by atoms with van der Waals surface area (Å²) in [5, 5.41) is 2.89. The van der Waals surface area contributed by atoms with Crippen LogP contribution in [0.15, 0.2) is 60.7 Å². The molecule has 148 valence electrons. The Kier molecular flexibility index (Phi) is 7.20. The van der Waals surface area contributed by atoms with Crippen LogP contribution in [-0.2, 0) is 16.1 Å². The monoisotopic (exact) mass is 379 g/mol. The second-order valence-corrected chi connectivity index (χ2v) is 7.17. The number of nitrogens with one attached hydrogen (secondary N) is 1. The van der Waals surface area contributed by atoms with Crippen molar-refractivity contribution >= 4 is 11.8 Å². The molecule has 0 bridgehead atoms. The Bertz CT molecular complexity index is 758. The zero-order valence-electron chi connectivity index (χ0n) is 16.5. The Balaban J connectivity index is 1.62. The first-order valence-electron chi connectivity index (χ1n) is 10.1. The van der Waals surface area contributed by atoms with E-state index in [1.165, 1.54) is 0 Å². The molecular formula is C23H29N3O2. The highest BCUT2D eigenvalue weighted by Gasteiger charge is 2.30. The van der Waals surface area contributed by atoms with Crippen molar-refractivity contribution in [3.8, 4) is 0 Å². The Morgan fingerprint density at radius 3 is 2.21 bits per heavy atom. The maximum absolute atomic E-state index is 13.0. The molecule has 1 unspecified atom stereocenters. The summed E-state index contributed by atoms with van der Waals surface area (Å²) in [4.78, 5) is 29.6. The van der Waals surface area contributed by atoms with Crippen LogP contribution in [0.4, 0.5) is 0 Å². The van der Waals surface area contributed by atoms with E-state index in [1.807, 2.05) is 67.6 Å². The third-order valence-electron chi connectivity index (χ3n) is 5.23. The molecule has 1 saturated heterocycles. The van der Waals surface area contributed by atoms with Crippen LogP contribution in [-0.4, -0.2) is 47.8 Å². The van der Waals surface area contributed by atoms with Gasteiger partial charge in [-0.25, -0.2) is 0 Å². The fourth-order valence-corrected chi connectivity index (χ4v) is 3.71. The van der Waals surface area contributed by atoms with Gasteiger partial charge in [0.2, 0.25) is 11.8 Å². The number of likely N-dealkylation sites (N-methyl/N-ethyl adjacent to an activating group) is 1. The molecule has 3 rings (SSSR count). The van der Waals surface area contributed by atoms with Gasteiger partial charge in [0.1, 0.15) is 6.04 Å². The number of benzene rings is 2. The molecule has 5 heteroatoms. The minimum atomic E-state index is -0.333. The molecule has 0 radical (unpaired) electrons. The molecule has 0 saturated carbocycles. The van der Waals surface area contributed by atoms with Crippen LogP contribution >= 0.6 is 0 Å². The van der Waals surface area contributed by atoms with Crippen molar-refractivity contribution < 1.29 is 9.59 Å². The number of carbonyl (C=O) groups is 2. The normalized spacial score (nSPS) is 15.2. The maximum Gasteiger partial charge on any atom is 0.242 e. The minimum absolute atomic E-state index is 0.0245. The van der Waals surface area contributed by atoms with E-state index in [9.17, 15) is 9.59 Å². The molecule has 2 aromatic carbocycles. The Labute approximate surface area is 167 Å². The number of hydrogen-bond donors (Lipinski definition) is 1. The van der Waals surface area contributed by atoms with Crippen molar-refractivity contribution in [2.45, 2.75) is 32.4 Å². The molecule has 5 nitrogen and oxygen atoms in total. The van der Waals surface area contributed by atoms with Crippen molar-refractivity contribution in [3.05, 3.63) is 71.8 Å². The second-order valence-electron chi connectivity index (χ2n) is 7.17. The third kappa shape index (κ3) is 5.20. The summed E-state index contributed by atoms with van der Waals surface area (Å²) >= 11 is 0. The van der Waals surface area contributed by atoms with E-state index in [0.717, 1.165) is 37.1 Å². The van der Waals surface area contributed by atoms with Crippen LogP contribution < -0.4 is 5.32 Å². The van der Waals surface area contributed by atoms with E-state index in [-0.39, 0.29) is 24.4 Å². The second kappa shape index (κ2) is 10.0. The van der Waals surface area contributed by atoms with Gasteiger partial charge in [-0.2, -0.15) is 0 Å². The van der Waals surface area contributed by atoms with Gasteiger partial charge in [0.05, 0.1) is 6.54 Å². The number of nitrogens with zero attached hydrogens (tertiary/aromatic N) is 2. The Hall–Kier alpha value is -2.66. The lowest BCUT2D eigenvalue weighted by molar-refractivity contribution is -0.134. The van der Waals surface area contributed by atoms with E-state index in [4.69, 9.17) is 0 Å². The van der Waals surface area contributed by atoms with E-state index in [1.54, 1.807) is 4.90 Å². The standard InChI is InChI=1S/C23H29N3O2/c1-2-25(18-19-11-5-3-6-12-19)21(27)17-24-23(28)22(26-15-9-10-16-26)20-13-7-4-8-14-20/h3-8,11-14,22H,2,9-10,15-18H2,1H3,(H,24,28). The fourth-order valence-electron chi connectivity index (χ4n) is 3.71. The highest BCUT2D eigenvalue weighted by molar-refractivity contribution is 5.88. The summed E-state index contributed by atoms with van der Waals surface area (Å²) in [6, 6.07) is 19.4. The molecule has 1 aliphatic rings. The van der Waals surface area contributed by atoms with Crippen LogP contribution in [0.2, 0.25) is 0 Å². The number of likely N-dealkylation sites (tertiary alicyclic amines) is 1. The molecule has 0 aromatic heterocycles. The number of amides is 2. The molecule has 1 fully saturated rings. The smallest absolute Gasteiger partial charge is 0.242 e. The van der Waals surface area contributed by atoms with Gasteiger partial charge in [0.15, 0.2) is 0 Å². The SMILES string of the molecule is CCN(Cc1ccccc1)C(=O)CNC(=O)C(c1ccccc1)N1CCCC1. The van der Waals surface area contributed by atoms with Crippen LogP contribution in [0.3, 0.4) is 0 Å². The van der Waals surface area contributed by atoms with Crippen LogP contribution in [0.1, 0.15) is 36.9 Å². The van der Waals surface area contributed by atoms with Gasteiger partial charge in [-0.3, -0.25) is 14.5 Å². The molecule has 1 aliphatic heterocycles. The van der Waals surface area contributed by atoms with Gasteiger partial charge >= 0.3 is 0 Å². The number of carbonyl (C=O) groups excluding carboxylic acids is 2. The summed E-state index contributed by atoms with van der Waals surface area (Å²) in [6.07, 6.45) is 2.21. The van der Waals surface area contributed by atoms with Gasteiger partial charge in [0, 0.05) is 13.1 Å². The van der Waals surface area contributed by atoms with Crippen LogP contribution in [0.25, 0.3) is 0 Å². The van der Waals surface area contributed by atoms with E-state index in [0.29, 0.717) is 13.1 Å². The highest BCUT2D eigenvalue weighted by atomic mass is 16.2. The van der Waals surface area contributed by atoms with E-state index < -0.39 is 0 Å². The van der Waals surface area contributed by atoms with Crippen molar-refractivity contribution in [2.75, 3.05) is 26.2 Å². The maximum atomic E-state index is 13.0. The zero-order valence-corrected chi connectivity index (χ0v) is 16.5. The summed E-state index contributed by atoms with van der Waals surface area (Å²) in [5.41, 5.74) is 2.06. The van der Waals surface area contributed by atoms with Gasteiger partial charge in [-0.1, -0.05) is 60.7 Å². The average molecular weight is 380 g/mol. The summed E-state index contributed by atoms with van der Waals surface area (Å²) < 4.78 is 0. The lowest BCUT2D eigenvalue weighted by Gasteiger charge is -2.27. The molecule has 0 spiro atoms. The van der Waals surface area contributed by atoms with Crippen molar-refractivity contribution in [3.63, 3.8) is 0 Å². The lowest BCUT2D eigenvalue weighted by Crippen LogP contribution is -2.44. The number of hydrogen-bond acceptors (Lipinski definition) is 3. The molecule has 2 aromatic rings.